The summed E-state index contributed by atoms with van der Waals surface area (Å²) in [7, 11) is 1.83. The van der Waals surface area contributed by atoms with E-state index in [2.05, 4.69) is 37.3 Å². The lowest BCUT2D eigenvalue weighted by Crippen LogP contribution is -2.47. The second-order valence-corrected chi connectivity index (χ2v) is 7.82. The highest BCUT2D eigenvalue weighted by Crippen LogP contribution is 2.25. The van der Waals surface area contributed by atoms with Gasteiger partial charge in [-0.25, -0.2) is 4.98 Å². The number of rotatable bonds is 5. The highest BCUT2D eigenvalue weighted by atomic mass is 127. The van der Waals surface area contributed by atoms with Gasteiger partial charge >= 0.3 is 0 Å². The van der Waals surface area contributed by atoms with E-state index in [-0.39, 0.29) is 24.0 Å². The van der Waals surface area contributed by atoms with E-state index in [0.29, 0.717) is 11.1 Å². The largest absolute Gasteiger partial charge is 0.355 e. The molecule has 2 aliphatic rings. The standard InChI is InChI=1S/C19H31ClN6.HI/c1-15-5-10-25(11-6-15)13-9-23-19(21-2)24-16-7-12-26(14-16)18-17(20)4-3-8-22-18;/h3-4,8,15-16H,5-7,9-14H2,1-2H3,(H2,21,23,24);1H. The van der Waals surface area contributed by atoms with Crippen LogP contribution >= 0.6 is 35.6 Å². The molecule has 6 nitrogen and oxygen atoms in total. The molecule has 0 radical (unpaired) electrons. The van der Waals surface area contributed by atoms with Crippen LogP contribution < -0.4 is 15.5 Å². The van der Waals surface area contributed by atoms with Gasteiger partial charge in [0.05, 0.1) is 5.02 Å². The Morgan fingerprint density at radius 3 is 2.78 bits per heavy atom. The second-order valence-electron chi connectivity index (χ2n) is 7.41. The van der Waals surface area contributed by atoms with Crippen molar-refractivity contribution in [2.24, 2.45) is 10.9 Å². The van der Waals surface area contributed by atoms with Crippen molar-refractivity contribution in [2.75, 3.05) is 51.2 Å². The first kappa shape index (κ1) is 22.5. The summed E-state index contributed by atoms with van der Waals surface area (Å²) in [5.74, 6) is 2.64. The highest BCUT2D eigenvalue weighted by Gasteiger charge is 2.25. The van der Waals surface area contributed by atoms with Crippen molar-refractivity contribution in [1.82, 2.24) is 20.5 Å². The van der Waals surface area contributed by atoms with Crippen LogP contribution in [0.4, 0.5) is 5.82 Å². The van der Waals surface area contributed by atoms with Gasteiger partial charge in [-0.1, -0.05) is 18.5 Å². The van der Waals surface area contributed by atoms with Crippen LogP contribution in [0.5, 0.6) is 0 Å². The number of pyridine rings is 1. The summed E-state index contributed by atoms with van der Waals surface area (Å²) in [5.41, 5.74) is 0. The van der Waals surface area contributed by atoms with E-state index in [0.717, 1.165) is 50.3 Å². The molecule has 0 spiro atoms. The quantitative estimate of drug-likeness (QED) is 0.365. The molecule has 1 unspecified atom stereocenters. The van der Waals surface area contributed by atoms with Gasteiger partial charge in [-0.15, -0.1) is 24.0 Å². The molecule has 27 heavy (non-hydrogen) atoms. The minimum absolute atomic E-state index is 0. The molecule has 152 valence electrons. The number of aliphatic imine (C=N–C) groups is 1. The van der Waals surface area contributed by atoms with Gasteiger partial charge in [-0.2, -0.15) is 0 Å². The van der Waals surface area contributed by atoms with Crippen molar-refractivity contribution >= 4 is 47.4 Å². The molecule has 2 saturated heterocycles. The third-order valence-electron chi connectivity index (χ3n) is 5.39. The molecule has 3 rings (SSSR count). The van der Waals surface area contributed by atoms with Crippen molar-refractivity contribution in [3.05, 3.63) is 23.4 Å². The number of hydrogen-bond acceptors (Lipinski definition) is 4. The lowest BCUT2D eigenvalue weighted by Gasteiger charge is -2.30. The third kappa shape index (κ3) is 6.64. The zero-order chi connectivity index (χ0) is 18.4. The average Bonchev–Trinajstić information content (AvgIpc) is 3.11. The Hall–Kier alpha value is -0.800. The summed E-state index contributed by atoms with van der Waals surface area (Å²) < 4.78 is 0. The normalized spacial score (nSPS) is 21.8. The van der Waals surface area contributed by atoms with Crippen LogP contribution in [0.15, 0.2) is 23.3 Å². The minimum atomic E-state index is 0. The number of aromatic nitrogens is 1. The van der Waals surface area contributed by atoms with E-state index in [9.17, 15) is 0 Å². The number of halogens is 2. The first-order valence-electron chi connectivity index (χ1n) is 9.70. The maximum Gasteiger partial charge on any atom is 0.191 e. The van der Waals surface area contributed by atoms with E-state index in [1.54, 1.807) is 6.20 Å². The van der Waals surface area contributed by atoms with Crippen LogP contribution in [0.3, 0.4) is 0 Å². The average molecular weight is 507 g/mol. The molecule has 1 atom stereocenters. The van der Waals surface area contributed by atoms with Crippen molar-refractivity contribution in [1.29, 1.82) is 0 Å². The number of hydrogen-bond donors (Lipinski definition) is 2. The molecule has 2 aliphatic heterocycles. The summed E-state index contributed by atoms with van der Waals surface area (Å²) in [6.07, 6.45) is 5.49. The summed E-state index contributed by atoms with van der Waals surface area (Å²) in [5, 5.41) is 7.71. The Morgan fingerprint density at radius 1 is 1.30 bits per heavy atom. The van der Waals surface area contributed by atoms with Crippen LogP contribution in [0, 0.1) is 5.92 Å². The number of piperidine rings is 1. The lowest BCUT2D eigenvalue weighted by molar-refractivity contribution is 0.195. The summed E-state index contributed by atoms with van der Waals surface area (Å²) >= 11 is 6.27. The van der Waals surface area contributed by atoms with Gasteiger partial charge in [-0.3, -0.25) is 4.99 Å². The van der Waals surface area contributed by atoms with E-state index in [4.69, 9.17) is 11.6 Å². The van der Waals surface area contributed by atoms with Gasteiger partial charge in [0, 0.05) is 45.5 Å². The second kappa shape index (κ2) is 11.3. The molecule has 0 bridgehead atoms. The molecule has 0 aromatic carbocycles. The number of nitrogens with zero attached hydrogens (tertiary/aromatic N) is 4. The van der Waals surface area contributed by atoms with Crippen molar-refractivity contribution in [2.45, 2.75) is 32.2 Å². The zero-order valence-corrected chi connectivity index (χ0v) is 19.4. The van der Waals surface area contributed by atoms with E-state index < -0.39 is 0 Å². The smallest absolute Gasteiger partial charge is 0.191 e. The maximum atomic E-state index is 6.27. The Kier molecular flexibility index (Phi) is 9.38. The number of nitrogens with one attached hydrogen (secondary N) is 2. The van der Waals surface area contributed by atoms with E-state index >= 15 is 0 Å². The minimum Gasteiger partial charge on any atom is -0.355 e. The van der Waals surface area contributed by atoms with Crippen LogP contribution in [0.1, 0.15) is 26.2 Å². The van der Waals surface area contributed by atoms with Gasteiger partial charge in [0.25, 0.3) is 0 Å². The summed E-state index contributed by atoms with van der Waals surface area (Å²) in [6.45, 7) is 8.64. The number of anilines is 1. The summed E-state index contributed by atoms with van der Waals surface area (Å²) in [4.78, 5) is 13.6. The van der Waals surface area contributed by atoms with Gasteiger partial charge in [-0.05, 0) is 50.4 Å². The van der Waals surface area contributed by atoms with Crippen molar-refractivity contribution < 1.29 is 0 Å². The predicted octanol–water partition coefficient (Wildman–Crippen LogP) is 2.83. The van der Waals surface area contributed by atoms with Gasteiger partial charge < -0.3 is 20.4 Å². The Bertz CT molecular complexity index is 606. The zero-order valence-electron chi connectivity index (χ0n) is 16.3. The lowest BCUT2D eigenvalue weighted by atomic mass is 9.99. The van der Waals surface area contributed by atoms with Gasteiger partial charge in [0.15, 0.2) is 5.96 Å². The highest BCUT2D eigenvalue weighted by molar-refractivity contribution is 14.0. The SMILES string of the molecule is CN=C(NCCN1CCC(C)CC1)NC1CCN(c2ncccc2Cl)C1.I. The molecule has 0 aliphatic carbocycles. The predicted molar refractivity (Wildman–Crippen MR) is 125 cm³/mol. The molecule has 2 fully saturated rings. The van der Waals surface area contributed by atoms with Crippen molar-refractivity contribution in [3.8, 4) is 0 Å². The maximum absolute atomic E-state index is 6.27. The molecular formula is C19H32ClIN6. The Balaban J connectivity index is 0.00000261. The molecular weight excluding hydrogens is 475 g/mol. The molecule has 1 aromatic rings. The van der Waals surface area contributed by atoms with Crippen LogP contribution in [-0.2, 0) is 0 Å². The molecule has 8 heteroatoms. The molecule has 0 amide bonds. The van der Waals surface area contributed by atoms with Crippen LogP contribution in [0.2, 0.25) is 5.02 Å². The topological polar surface area (TPSA) is 55.8 Å². The first-order chi connectivity index (χ1) is 12.7. The van der Waals surface area contributed by atoms with E-state index in [1.807, 2.05) is 19.2 Å². The van der Waals surface area contributed by atoms with Crippen molar-refractivity contribution in [3.63, 3.8) is 0 Å². The molecule has 3 heterocycles. The van der Waals surface area contributed by atoms with Gasteiger partial charge in [0.2, 0.25) is 0 Å². The number of guanidine groups is 1. The Morgan fingerprint density at radius 2 is 2.07 bits per heavy atom. The Labute approximate surface area is 185 Å². The van der Waals surface area contributed by atoms with E-state index in [1.165, 1.54) is 25.9 Å². The fraction of sp³-hybridized carbons (Fsp3) is 0.684. The number of likely N-dealkylation sites (tertiary alicyclic amines) is 1. The first-order valence-corrected chi connectivity index (χ1v) is 10.1. The monoisotopic (exact) mass is 506 g/mol. The summed E-state index contributed by atoms with van der Waals surface area (Å²) in [6, 6.07) is 4.12. The molecule has 1 aromatic heterocycles. The molecule has 0 saturated carbocycles. The van der Waals surface area contributed by atoms with Gasteiger partial charge in [0.1, 0.15) is 5.82 Å². The third-order valence-corrected chi connectivity index (χ3v) is 5.68. The fourth-order valence-electron chi connectivity index (χ4n) is 3.69. The van der Waals surface area contributed by atoms with Crippen LogP contribution in [-0.4, -0.2) is 68.2 Å². The fourth-order valence-corrected chi connectivity index (χ4v) is 3.93. The molecule has 2 N–H and O–H groups in total. The van der Waals surface area contributed by atoms with Crippen LogP contribution in [0.25, 0.3) is 0 Å².